The van der Waals surface area contributed by atoms with Crippen LogP contribution in [0.1, 0.15) is 57.6 Å². The first-order valence-corrected chi connectivity index (χ1v) is 6.31. The van der Waals surface area contributed by atoms with Crippen molar-refractivity contribution in [2.45, 2.75) is 51.4 Å². The van der Waals surface area contributed by atoms with Crippen molar-refractivity contribution < 1.29 is 0 Å². The van der Waals surface area contributed by atoms with Crippen LogP contribution in [0.15, 0.2) is 0 Å². The van der Waals surface area contributed by atoms with E-state index in [-0.39, 0.29) is 5.41 Å². The van der Waals surface area contributed by atoms with Crippen LogP contribution in [0.25, 0.3) is 0 Å². The Morgan fingerprint density at radius 1 is 1.31 bits per heavy atom. The molecular formula is C12H22N4. The van der Waals surface area contributed by atoms with Crippen molar-refractivity contribution in [2.24, 2.45) is 0 Å². The first kappa shape index (κ1) is 11.6. The highest BCUT2D eigenvalue weighted by molar-refractivity contribution is 5.11. The van der Waals surface area contributed by atoms with Crippen LogP contribution in [0.4, 0.5) is 0 Å². The van der Waals surface area contributed by atoms with Crippen molar-refractivity contribution in [3.8, 4) is 0 Å². The molecule has 2 rings (SSSR count). The summed E-state index contributed by atoms with van der Waals surface area (Å²) in [4.78, 5) is 4.68. The molecule has 1 fully saturated rings. The second-order valence-electron chi connectivity index (χ2n) is 5.08. The number of nitrogens with zero attached hydrogens (tertiary/aromatic N) is 2. The zero-order chi connectivity index (χ0) is 11.6. The van der Waals surface area contributed by atoms with E-state index >= 15 is 0 Å². The zero-order valence-electron chi connectivity index (χ0n) is 10.5. The van der Waals surface area contributed by atoms with Crippen molar-refractivity contribution in [1.82, 2.24) is 20.5 Å². The molecule has 0 bridgehead atoms. The second-order valence-corrected chi connectivity index (χ2v) is 5.08. The van der Waals surface area contributed by atoms with Crippen LogP contribution in [0.5, 0.6) is 0 Å². The van der Waals surface area contributed by atoms with Crippen LogP contribution < -0.4 is 5.32 Å². The minimum atomic E-state index is 0.203. The average Bonchev–Trinajstić information content (AvgIpc) is 2.80. The molecule has 0 aromatic carbocycles. The third-order valence-corrected chi connectivity index (χ3v) is 3.76. The van der Waals surface area contributed by atoms with Crippen molar-refractivity contribution in [3.05, 3.63) is 11.6 Å². The molecule has 1 aliphatic heterocycles. The fourth-order valence-electron chi connectivity index (χ4n) is 2.41. The van der Waals surface area contributed by atoms with Gasteiger partial charge >= 0.3 is 0 Å². The zero-order valence-corrected chi connectivity index (χ0v) is 10.5. The summed E-state index contributed by atoms with van der Waals surface area (Å²) in [6.07, 6.45) is 3.43. The molecule has 1 saturated heterocycles. The Kier molecular flexibility index (Phi) is 3.28. The predicted molar refractivity (Wildman–Crippen MR) is 64.5 cm³/mol. The average molecular weight is 222 g/mol. The summed E-state index contributed by atoms with van der Waals surface area (Å²) in [5.41, 5.74) is 0.203. The van der Waals surface area contributed by atoms with E-state index in [4.69, 9.17) is 0 Å². The van der Waals surface area contributed by atoms with Gasteiger partial charge in [0.05, 0.1) is 0 Å². The summed E-state index contributed by atoms with van der Waals surface area (Å²) in [6.45, 7) is 8.70. The minimum absolute atomic E-state index is 0.203. The summed E-state index contributed by atoms with van der Waals surface area (Å²) < 4.78 is 0. The highest BCUT2D eigenvalue weighted by Gasteiger charge is 2.35. The molecular weight excluding hydrogens is 200 g/mol. The van der Waals surface area contributed by atoms with Crippen LogP contribution in [-0.4, -0.2) is 28.3 Å². The van der Waals surface area contributed by atoms with Gasteiger partial charge in [-0.05, 0) is 32.4 Å². The summed E-state index contributed by atoms with van der Waals surface area (Å²) in [5.74, 6) is 2.47. The molecule has 4 nitrogen and oxygen atoms in total. The standard InChI is InChI=1S/C12H22N4/c1-4-12(5-7-13-8-6-12)11-14-10(9(2)3)15-16-11/h9,13H,4-8H2,1-3H3,(H,14,15,16). The quantitative estimate of drug-likeness (QED) is 0.822. The number of H-pyrrole nitrogens is 1. The smallest absolute Gasteiger partial charge is 0.156 e. The van der Waals surface area contributed by atoms with Gasteiger partial charge in [0.15, 0.2) is 5.82 Å². The molecule has 0 spiro atoms. The maximum absolute atomic E-state index is 4.68. The molecule has 0 amide bonds. The van der Waals surface area contributed by atoms with Gasteiger partial charge in [-0.2, -0.15) is 5.10 Å². The first-order chi connectivity index (χ1) is 7.68. The molecule has 1 aliphatic rings. The number of piperidine rings is 1. The Bertz CT molecular complexity index is 337. The lowest BCUT2D eigenvalue weighted by Crippen LogP contribution is -2.40. The topological polar surface area (TPSA) is 53.6 Å². The molecule has 2 heterocycles. The van der Waals surface area contributed by atoms with E-state index in [0.29, 0.717) is 5.92 Å². The molecule has 1 aromatic rings. The van der Waals surface area contributed by atoms with Gasteiger partial charge in [0.25, 0.3) is 0 Å². The Morgan fingerprint density at radius 2 is 2.00 bits per heavy atom. The second kappa shape index (κ2) is 4.53. The van der Waals surface area contributed by atoms with E-state index in [0.717, 1.165) is 44.0 Å². The lowest BCUT2D eigenvalue weighted by atomic mass is 9.76. The number of rotatable bonds is 3. The Morgan fingerprint density at radius 3 is 2.50 bits per heavy atom. The number of hydrogen-bond donors (Lipinski definition) is 2. The van der Waals surface area contributed by atoms with Crippen molar-refractivity contribution in [2.75, 3.05) is 13.1 Å². The summed E-state index contributed by atoms with van der Waals surface area (Å²) in [7, 11) is 0. The molecule has 90 valence electrons. The normalized spacial score (nSPS) is 20.2. The van der Waals surface area contributed by atoms with Gasteiger partial charge < -0.3 is 5.32 Å². The van der Waals surface area contributed by atoms with Gasteiger partial charge in [-0.15, -0.1) is 0 Å². The molecule has 0 unspecified atom stereocenters. The summed E-state index contributed by atoms with van der Waals surface area (Å²) >= 11 is 0. The van der Waals surface area contributed by atoms with Crippen molar-refractivity contribution >= 4 is 0 Å². The van der Waals surface area contributed by atoms with E-state index in [1.807, 2.05) is 0 Å². The van der Waals surface area contributed by atoms with Crippen LogP contribution in [-0.2, 0) is 5.41 Å². The molecule has 0 aliphatic carbocycles. The maximum Gasteiger partial charge on any atom is 0.156 e. The van der Waals surface area contributed by atoms with Crippen LogP contribution >= 0.6 is 0 Å². The van der Waals surface area contributed by atoms with E-state index in [9.17, 15) is 0 Å². The number of aromatic nitrogens is 3. The molecule has 2 N–H and O–H groups in total. The summed E-state index contributed by atoms with van der Waals surface area (Å²) in [5, 5.41) is 10.9. The lowest BCUT2D eigenvalue weighted by molar-refractivity contribution is 0.283. The van der Waals surface area contributed by atoms with Crippen LogP contribution in [0.3, 0.4) is 0 Å². The monoisotopic (exact) mass is 222 g/mol. The third-order valence-electron chi connectivity index (χ3n) is 3.76. The van der Waals surface area contributed by atoms with Crippen molar-refractivity contribution in [1.29, 1.82) is 0 Å². The first-order valence-electron chi connectivity index (χ1n) is 6.31. The number of hydrogen-bond acceptors (Lipinski definition) is 3. The maximum atomic E-state index is 4.68. The van der Waals surface area contributed by atoms with E-state index < -0.39 is 0 Å². The molecule has 0 atom stereocenters. The van der Waals surface area contributed by atoms with Crippen LogP contribution in [0.2, 0.25) is 0 Å². The number of aromatic amines is 1. The van der Waals surface area contributed by atoms with Gasteiger partial charge in [-0.1, -0.05) is 20.8 Å². The SMILES string of the molecule is CCC1(c2n[nH]c(C(C)C)n2)CCNCC1. The predicted octanol–water partition coefficient (Wildman–Crippen LogP) is 1.96. The third kappa shape index (κ3) is 1.98. The highest BCUT2D eigenvalue weighted by atomic mass is 15.2. The molecule has 0 radical (unpaired) electrons. The minimum Gasteiger partial charge on any atom is -0.317 e. The Balaban J connectivity index is 2.25. The molecule has 16 heavy (non-hydrogen) atoms. The van der Waals surface area contributed by atoms with E-state index in [1.165, 1.54) is 0 Å². The largest absolute Gasteiger partial charge is 0.317 e. The Hall–Kier alpha value is -0.900. The van der Waals surface area contributed by atoms with Gasteiger partial charge in [0.2, 0.25) is 0 Å². The molecule has 4 heteroatoms. The lowest BCUT2D eigenvalue weighted by Gasteiger charge is -2.34. The fraction of sp³-hybridized carbons (Fsp3) is 0.833. The van der Waals surface area contributed by atoms with Gasteiger partial charge in [0, 0.05) is 11.3 Å². The van der Waals surface area contributed by atoms with E-state index in [2.05, 4.69) is 41.3 Å². The molecule has 1 aromatic heterocycles. The highest BCUT2D eigenvalue weighted by Crippen LogP contribution is 2.34. The Labute approximate surface area is 97.2 Å². The van der Waals surface area contributed by atoms with Gasteiger partial charge in [-0.25, -0.2) is 4.98 Å². The summed E-state index contributed by atoms with van der Waals surface area (Å²) in [6, 6.07) is 0. The number of nitrogens with one attached hydrogen (secondary N) is 2. The van der Waals surface area contributed by atoms with Crippen LogP contribution in [0, 0.1) is 0 Å². The van der Waals surface area contributed by atoms with Gasteiger partial charge in [0.1, 0.15) is 5.82 Å². The molecule has 0 saturated carbocycles. The van der Waals surface area contributed by atoms with Crippen molar-refractivity contribution in [3.63, 3.8) is 0 Å². The van der Waals surface area contributed by atoms with Gasteiger partial charge in [-0.3, -0.25) is 5.10 Å². The fourth-order valence-corrected chi connectivity index (χ4v) is 2.41. The van der Waals surface area contributed by atoms with E-state index in [1.54, 1.807) is 0 Å².